The molecule has 0 unspecified atom stereocenters. The summed E-state index contributed by atoms with van der Waals surface area (Å²) in [5.41, 5.74) is 8.79. The minimum Gasteiger partial charge on any atom is -1.00 e. The molecule has 256 valence electrons. The van der Waals surface area contributed by atoms with E-state index in [0.717, 1.165) is 0 Å². The number of halogens is 2. The van der Waals surface area contributed by atoms with Gasteiger partial charge in [0.05, 0.1) is 0 Å². The number of allylic oxidation sites excluding steroid dienone is 8. The van der Waals surface area contributed by atoms with Gasteiger partial charge in [-0.2, -0.15) is 34.4 Å². The molecule has 2 aliphatic carbocycles. The van der Waals surface area contributed by atoms with Gasteiger partial charge in [0.15, 0.2) is 0 Å². The van der Waals surface area contributed by atoms with Crippen LogP contribution in [0, 0.1) is 23.0 Å². The molecule has 48 heavy (non-hydrogen) atoms. The van der Waals surface area contributed by atoms with Gasteiger partial charge in [0, 0.05) is 0 Å². The van der Waals surface area contributed by atoms with Gasteiger partial charge < -0.3 is 24.8 Å². The van der Waals surface area contributed by atoms with Crippen molar-refractivity contribution in [2.75, 3.05) is 26.7 Å². The average molecular weight is 874 g/mol. The molecule has 0 aromatic heterocycles. The van der Waals surface area contributed by atoms with Gasteiger partial charge in [-0.3, -0.25) is 12.2 Å². The van der Waals surface area contributed by atoms with Crippen molar-refractivity contribution < 1.29 is 77.2 Å². The summed E-state index contributed by atoms with van der Waals surface area (Å²) in [6.07, 6.45) is 6.87. The van der Waals surface area contributed by atoms with E-state index in [1.54, 1.807) is 0 Å². The van der Waals surface area contributed by atoms with E-state index in [1.807, 2.05) is 0 Å². The molecule has 0 bridgehead atoms. The fourth-order valence-electron chi connectivity index (χ4n) is 5.60. The van der Waals surface area contributed by atoms with E-state index in [1.165, 1.54) is 65.6 Å². The van der Waals surface area contributed by atoms with E-state index in [0.29, 0.717) is 0 Å². The van der Waals surface area contributed by atoms with Gasteiger partial charge in [-0.25, -0.2) is 11.1 Å². The molecule has 0 saturated carbocycles. The van der Waals surface area contributed by atoms with E-state index in [9.17, 15) is 0 Å². The zero-order chi connectivity index (χ0) is 33.0. The number of hydrogen-bond donors (Lipinski definition) is 0. The van der Waals surface area contributed by atoms with Crippen molar-refractivity contribution in [1.82, 2.24) is 0 Å². The van der Waals surface area contributed by atoms with Crippen molar-refractivity contribution in [2.24, 2.45) is 10.8 Å². The summed E-state index contributed by atoms with van der Waals surface area (Å²) in [4.78, 5) is 0. The maximum atomic E-state index is 3.44. The summed E-state index contributed by atoms with van der Waals surface area (Å²) < 4.78 is 0. The first-order chi connectivity index (χ1) is 20.4. The van der Waals surface area contributed by atoms with Gasteiger partial charge in [-0.1, -0.05) is 78.4 Å². The van der Waals surface area contributed by atoms with Crippen LogP contribution >= 0.6 is 15.8 Å². The van der Waals surface area contributed by atoms with Crippen LogP contribution < -0.4 is 35.4 Å². The van der Waals surface area contributed by atoms with Crippen LogP contribution in [-0.2, 0) is 52.4 Å². The molecule has 4 aromatic rings. The summed E-state index contributed by atoms with van der Waals surface area (Å²) in [7, 11) is 0.115. The predicted octanol–water partition coefficient (Wildman–Crippen LogP) is 6.08. The molecule has 0 nitrogen and oxygen atoms in total. The van der Waals surface area contributed by atoms with E-state index < -0.39 is 0 Å². The van der Waals surface area contributed by atoms with E-state index >= 15 is 0 Å². The smallest absolute Gasteiger partial charge is 1.00 e. The molecule has 0 aliphatic heterocycles. The second-order valence-electron chi connectivity index (χ2n) is 13.7. The second-order valence-corrected chi connectivity index (χ2v) is 18.3. The van der Waals surface area contributed by atoms with Gasteiger partial charge in [0.1, 0.15) is 0 Å². The molecular weight excluding hydrogens is 820 g/mol. The van der Waals surface area contributed by atoms with Crippen molar-refractivity contribution >= 4 is 48.0 Å². The van der Waals surface area contributed by atoms with Gasteiger partial charge in [0.2, 0.25) is 0 Å². The average Bonchev–Trinajstić information content (AvgIpc) is 3.68. The molecule has 6 heteroatoms. The van der Waals surface area contributed by atoms with E-state index in [4.69, 9.17) is 0 Å². The summed E-state index contributed by atoms with van der Waals surface area (Å²) in [5.74, 6) is 0. The summed E-state index contributed by atoms with van der Waals surface area (Å²) in [6.45, 7) is 31.0. The molecule has 0 atom stereocenters. The zero-order valence-corrected chi connectivity index (χ0v) is 39.8. The maximum absolute atomic E-state index is 3.44. The molecule has 0 amide bonds. The summed E-state index contributed by atoms with van der Waals surface area (Å²) in [6, 6.07) is 26.3. The Labute approximate surface area is 347 Å². The van der Waals surface area contributed by atoms with Crippen LogP contribution in [0.3, 0.4) is 0 Å². The first-order valence-electron chi connectivity index (χ1n) is 15.7. The molecule has 6 rings (SSSR count). The predicted molar refractivity (Wildman–Crippen MR) is 205 cm³/mol. The third-order valence-corrected chi connectivity index (χ3v) is 11.9. The van der Waals surface area contributed by atoms with Crippen molar-refractivity contribution in [2.45, 2.75) is 69.2 Å². The maximum Gasteiger partial charge on any atom is 2.00 e. The number of hydrogen-bond acceptors (Lipinski definition) is 0. The second kappa shape index (κ2) is 21.4. The van der Waals surface area contributed by atoms with Crippen LogP contribution in [0.25, 0.3) is 21.5 Å². The number of benzene rings is 2. The normalized spacial score (nSPS) is 15.4. The standard InChI is InChI=1S/2C11H12P.2C10H15.2ClH.2Zr/c2*1-12(2)11-7-9-5-3-4-6-10(9)8-11;2*1-7-6-10(4,5)9(3)8(7)2;;;;/h2*3-8H,1-2H3;2*1-5H3;2*1H;;/q4*-1;;;2*+2/p-2. The number of rotatable bonds is 2. The van der Waals surface area contributed by atoms with E-state index in [-0.39, 0.29) is 104 Å². The fourth-order valence-corrected chi connectivity index (χ4v) is 7.19. The largest absolute Gasteiger partial charge is 2.00 e. The SMILES string of the molecule is CC1=[C-]C(C)(C)C(C)=C1C.CC1=[C-]C(C)(C)C(C)=C1C.CP(C)c1cc2ccccc2[cH-]1.CP(C)c1cc2ccccc2[cH-]1.[Cl-].[Cl-].[Zr+2].[Zr+2]. The molecular formula is C42H54Cl2P2Zr2-2. The zero-order valence-electron chi connectivity index (χ0n) is 31.6. The van der Waals surface area contributed by atoms with Gasteiger partial charge >= 0.3 is 52.4 Å². The Balaban J connectivity index is 0. The van der Waals surface area contributed by atoms with Crippen LogP contribution in [-0.4, -0.2) is 26.7 Å². The molecule has 0 N–H and O–H groups in total. The first-order valence-corrected chi connectivity index (χ1v) is 20.2. The molecule has 0 heterocycles. The molecule has 4 aromatic carbocycles. The van der Waals surface area contributed by atoms with Gasteiger partial charge in [-0.15, -0.1) is 110 Å². The molecule has 0 fully saturated rings. The van der Waals surface area contributed by atoms with Crippen LogP contribution in [0.4, 0.5) is 0 Å². The fraction of sp³-hybridized carbons (Fsp3) is 0.381. The van der Waals surface area contributed by atoms with Crippen LogP contribution in [0.5, 0.6) is 0 Å². The Bertz CT molecular complexity index is 1530. The van der Waals surface area contributed by atoms with Crippen molar-refractivity contribution in [3.8, 4) is 0 Å². The minimum absolute atomic E-state index is 0. The van der Waals surface area contributed by atoms with Crippen molar-refractivity contribution in [1.29, 1.82) is 0 Å². The molecule has 0 radical (unpaired) electrons. The summed E-state index contributed by atoms with van der Waals surface area (Å²) in [5, 5.41) is 8.53. The molecule has 2 aliphatic rings. The van der Waals surface area contributed by atoms with E-state index in [2.05, 4.69) is 181 Å². The van der Waals surface area contributed by atoms with Crippen molar-refractivity contribution in [3.05, 3.63) is 118 Å². The molecule has 0 saturated heterocycles. The topological polar surface area (TPSA) is 0 Å². The Morgan fingerprint density at radius 2 is 0.812 bits per heavy atom. The van der Waals surface area contributed by atoms with Crippen LogP contribution in [0.15, 0.2) is 106 Å². The first kappa shape index (κ1) is 49.9. The molecule has 0 spiro atoms. The summed E-state index contributed by atoms with van der Waals surface area (Å²) >= 11 is 0. The Morgan fingerprint density at radius 3 is 1.00 bits per heavy atom. The third-order valence-electron chi connectivity index (χ3n) is 9.36. The number of fused-ring (bicyclic) bond motifs is 2. The minimum atomic E-state index is 0. The van der Waals surface area contributed by atoms with Crippen LogP contribution in [0.1, 0.15) is 69.2 Å². The monoisotopic (exact) mass is 870 g/mol. The van der Waals surface area contributed by atoms with Crippen molar-refractivity contribution in [3.63, 3.8) is 0 Å². The van der Waals surface area contributed by atoms with Crippen LogP contribution in [0.2, 0.25) is 0 Å². The third kappa shape index (κ3) is 13.1. The Hall–Kier alpha value is -0.174. The van der Waals surface area contributed by atoms with Gasteiger partial charge in [0.25, 0.3) is 0 Å². The quantitative estimate of drug-likeness (QED) is 0.170. The van der Waals surface area contributed by atoms with Gasteiger partial charge in [-0.05, 0) is 26.7 Å². The Kier molecular flexibility index (Phi) is 22.2. The Morgan fingerprint density at radius 1 is 0.521 bits per heavy atom.